The molecule has 26 heavy (non-hydrogen) atoms. The number of carbonyl (C=O) groups is 2. The fraction of sp³-hybridized carbons (Fsp3) is 0.111. The van der Waals surface area contributed by atoms with E-state index in [1.54, 1.807) is 43.3 Å². The van der Waals surface area contributed by atoms with E-state index in [0.717, 1.165) is 0 Å². The number of anilines is 2. The van der Waals surface area contributed by atoms with E-state index < -0.39 is 5.91 Å². The summed E-state index contributed by atoms with van der Waals surface area (Å²) in [5.41, 5.74) is 2.49. The van der Waals surface area contributed by atoms with Gasteiger partial charge in [-0.3, -0.25) is 9.59 Å². The lowest BCUT2D eigenvalue weighted by Crippen LogP contribution is -2.14. The van der Waals surface area contributed by atoms with Crippen molar-refractivity contribution in [1.29, 1.82) is 0 Å². The number of nitrogens with one attached hydrogen (secondary N) is 2. The van der Waals surface area contributed by atoms with Crippen LogP contribution in [0.25, 0.3) is 5.69 Å². The molecule has 0 aliphatic rings. The van der Waals surface area contributed by atoms with E-state index in [9.17, 15) is 14.0 Å². The molecule has 0 spiro atoms. The zero-order valence-electron chi connectivity index (χ0n) is 14.2. The van der Waals surface area contributed by atoms with E-state index in [1.807, 2.05) is 0 Å². The van der Waals surface area contributed by atoms with Crippen LogP contribution in [0.1, 0.15) is 23.1 Å². The first kappa shape index (κ1) is 17.3. The largest absolute Gasteiger partial charge is 0.326 e. The van der Waals surface area contributed by atoms with E-state index in [0.29, 0.717) is 22.8 Å². The molecule has 0 aliphatic carbocycles. The van der Waals surface area contributed by atoms with Gasteiger partial charge in [-0.1, -0.05) is 5.21 Å². The lowest BCUT2D eigenvalue weighted by atomic mass is 10.2. The number of benzene rings is 2. The predicted molar refractivity (Wildman–Crippen MR) is 94.8 cm³/mol. The molecule has 3 aromatic rings. The van der Waals surface area contributed by atoms with Crippen LogP contribution in [0.2, 0.25) is 0 Å². The first-order valence-electron chi connectivity index (χ1n) is 7.81. The summed E-state index contributed by atoms with van der Waals surface area (Å²) in [6.45, 7) is 3.13. The molecule has 132 valence electrons. The van der Waals surface area contributed by atoms with Crippen LogP contribution in [-0.2, 0) is 4.79 Å². The van der Waals surface area contributed by atoms with E-state index in [-0.39, 0.29) is 17.4 Å². The maximum absolute atomic E-state index is 13.0. The molecule has 1 heterocycles. The van der Waals surface area contributed by atoms with Crippen molar-refractivity contribution in [2.24, 2.45) is 0 Å². The lowest BCUT2D eigenvalue weighted by Gasteiger charge is -2.06. The van der Waals surface area contributed by atoms with Gasteiger partial charge in [-0.25, -0.2) is 9.07 Å². The van der Waals surface area contributed by atoms with Gasteiger partial charge in [-0.2, -0.15) is 0 Å². The second-order valence-corrected chi connectivity index (χ2v) is 5.62. The van der Waals surface area contributed by atoms with E-state index in [1.165, 1.54) is 23.7 Å². The molecule has 2 aromatic carbocycles. The molecule has 3 rings (SSSR count). The first-order valence-corrected chi connectivity index (χ1v) is 7.81. The Hall–Kier alpha value is -3.55. The molecule has 2 amide bonds. The van der Waals surface area contributed by atoms with Crippen LogP contribution < -0.4 is 10.6 Å². The van der Waals surface area contributed by atoms with Gasteiger partial charge in [0.15, 0.2) is 5.69 Å². The third-order valence-corrected chi connectivity index (χ3v) is 3.64. The number of hydrogen-bond acceptors (Lipinski definition) is 4. The number of hydrogen-bond donors (Lipinski definition) is 2. The molecule has 0 bridgehead atoms. The second-order valence-electron chi connectivity index (χ2n) is 5.62. The van der Waals surface area contributed by atoms with E-state index in [2.05, 4.69) is 20.9 Å². The van der Waals surface area contributed by atoms with Gasteiger partial charge in [0.25, 0.3) is 5.91 Å². The molecule has 2 N–H and O–H groups in total. The Balaban J connectivity index is 1.76. The van der Waals surface area contributed by atoms with Crippen LogP contribution in [0.3, 0.4) is 0 Å². The summed E-state index contributed by atoms with van der Waals surface area (Å²) < 4.78 is 14.5. The minimum absolute atomic E-state index is 0.167. The van der Waals surface area contributed by atoms with Crippen LogP contribution >= 0.6 is 0 Å². The van der Waals surface area contributed by atoms with Crippen molar-refractivity contribution in [1.82, 2.24) is 15.0 Å². The van der Waals surface area contributed by atoms with Crippen molar-refractivity contribution in [2.45, 2.75) is 13.8 Å². The van der Waals surface area contributed by atoms with Gasteiger partial charge in [0.05, 0.1) is 11.4 Å². The van der Waals surface area contributed by atoms with Gasteiger partial charge >= 0.3 is 0 Å². The summed E-state index contributed by atoms with van der Waals surface area (Å²) in [5, 5.41) is 13.3. The highest BCUT2D eigenvalue weighted by Crippen LogP contribution is 2.17. The third kappa shape index (κ3) is 3.75. The predicted octanol–water partition coefficient (Wildman–Crippen LogP) is 2.93. The number of aromatic nitrogens is 3. The fourth-order valence-electron chi connectivity index (χ4n) is 2.40. The Bertz CT molecular complexity index is 949. The van der Waals surface area contributed by atoms with Crippen LogP contribution in [-0.4, -0.2) is 26.8 Å². The maximum atomic E-state index is 13.0. The average molecular weight is 353 g/mol. The van der Waals surface area contributed by atoms with Gasteiger partial charge in [0, 0.05) is 18.3 Å². The highest BCUT2D eigenvalue weighted by Gasteiger charge is 2.17. The molecule has 0 unspecified atom stereocenters. The normalized spacial score (nSPS) is 10.4. The Labute approximate surface area is 148 Å². The molecule has 7 nitrogen and oxygen atoms in total. The van der Waals surface area contributed by atoms with E-state index >= 15 is 0 Å². The molecule has 8 heteroatoms. The molecule has 0 fully saturated rings. The van der Waals surface area contributed by atoms with Gasteiger partial charge < -0.3 is 10.6 Å². The molecule has 0 saturated heterocycles. The van der Waals surface area contributed by atoms with Crippen LogP contribution in [0.5, 0.6) is 0 Å². The lowest BCUT2D eigenvalue weighted by molar-refractivity contribution is -0.114. The van der Waals surface area contributed by atoms with Crippen molar-refractivity contribution < 1.29 is 14.0 Å². The van der Waals surface area contributed by atoms with Crippen LogP contribution in [0.4, 0.5) is 15.8 Å². The summed E-state index contributed by atoms with van der Waals surface area (Å²) in [4.78, 5) is 23.5. The fourth-order valence-corrected chi connectivity index (χ4v) is 2.40. The summed E-state index contributed by atoms with van der Waals surface area (Å²) in [6.07, 6.45) is 0. The van der Waals surface area contributed by atoms with Gasteiger partial charge in [0.2, 0.25) is 5.91 Å². The van der Waals surface area contributed by atoms with E-state index in [4.69, 9.17) is 0 Å². The summed E-state index contributed by atoms with van der Waals surface area (Å²) in [5.74, 6) is -0.940. The quantitative estimate of drug-likeness (QED) is 0.755. The van der Waals surface area contributed by atoms with Crippen molar-refractivity contribution in [3.8, 4) is 5.69 Å². The third-order valence-electron chi connectivity index (χ3n) is 3.64. The molecule has 0 atom stereocenters. The molecular formula is C18H16FN5O2. The number of amides is 2. The number of rotatable bonds is 4. The monoisotopic (exact) mass is 353 g/mol. The number of halogens is 1. The van der Waals surface area contributed by atoms with Crippen LogP contribution in [0.15, 0.2) is 48.5 Å². The molecule has 1 aromatic heterocycles. The Kier molecular flexibility index (Phi) is 4.74. The SMILES string of the molecule is CC(=O)Nc1ccc(NC(=O)c2nnn(-c3ccc(F)cc3)c2C)cc1. The Morgan fingerprint density at radius 2 is 1.54 bits per heavy atom. The number of nitrogens with zero attached hydrogens (tertiary/aromatic N) is 3. The van der Waals surface area contributed by atoms with Crippen molar-refractivity contribution >= 4 is 23.2 Å². The second kappa shape index (κ2) is 7.14. The highest BCUT2D eigenvalue weighted by atomic mass is 19.1. The zero-order chi connectivity index (χ0) is 18.7. The average Bonchev–Trinajstić information content (AvgIpc) is 2.98. The molecule has 0 radical (unpaired) electrons. The minimum Gasteiger partial charge on any atom is -0.326 e. The molecule has 0 aliphatic heterocycles. The summed E-state index contributed by atoms with van der Waals surface area (Å²) in [6, 6.07) is 12.4. The topological polar surface area (TPSA) is 88.9 Å². The summed E-state index contributed by atoms with van der Waals surface area (Å²) >= 11 is 0. The minimum atomic E-state index is -0.414. The van der Waals surface area contributed by atoms with Gasteiger partial charge in [-0.15, -0.1) is 5.10 Å². The first-order chi connectivity index (χ1) is 12.4. The van der Waals surface area contributed by atoms with Gasteiger partial charge in [-0.05, 0) is 55.5 Å². The Morgan fingerprint density at radius 1 is 0.962 bits per heavy atom. The van der Waals surface area contributed by atoms with Crippen molar-refractivity contribution in [3.05, 3.63) is 65.7 Å². The van der Waals surface area contributed by atoms with Crippen molar-refractivity contribution in [2.75, 3.05) is 10.6 Å². The molecule has 0 saturated carbocycles. The Morgan fingerprint density at radius 3 is 2.12 bits per heavy atom. The zero-order valence-corrected chi connectivity index (χ0v) is 14.2. The standard InChI is InChI=1S/C18H16FN5O2/c1-11-17(22-23-24(11)16-9-3-13(19)4-10-16)18(26)21-15-7-5-14(6-8-15)20-12(2)25/h3-10H,1-2H3,(H,20,25)(H,21,26). The summed E-state index contributed by atoms with van der Waals surface area (Å²) in [7, 11) is 0. The smallest absolute Gasteiger partial charge is 0.278 e. The molecular weight excluding hydrogens is 337 g/mol. The van der Waals surface area contributed by atoms with Crippen molar-refractivity contribution in [3.63, 3.8) is 0 Å². The van der Waals surface area contributed by atoms with Crippen LogP contribution in [0, 0.1) is 12.7 Å². The maximum Gasteiger partial charge on any atom is 0.278 e. The number of carbonyl (C=O) groups excluding carboxylic acids is 2. The van der Waals surface area contributed by atoms with Gasteiger partial charge in [0.1, 0.15) is 5.82 Å². The highest BCUT2D eigenvalue weighted by molar-refractivity contribution is 6.03.